The maximum absolute atomic E-state index is 13.0. The molecule has 0 radical (unpaired) electrons. The summed E-state index contributed by atoms with van der Waals surface area (Å²) >= 11 is 0. The molecule has 1 aromatic heterocycles. The lowest BCUT2D eigenvalue weighted by molar-refractivity contribution is 0.0746. The number of hydrogen-bond donors (Lipinski definition) is 0. The minimum atomic E-state index is 0.0834. The number of amides is 1. The molecule has 7 nitrogen and oxygen atoms in total. The number of hydrogen-bond acceptors (Lipinski definition) is 6. The minimum absolute atomic E-state index is 0.0834. The van der Waals surface area contributed by atoms with E-state index in [-0.39, 0.29) is 5.91 Å². The molecule has 2 saturated heterocycles. The van der Waals surface area contributed by atoms with Crippen molar-refractivity contribution in [2.75, 3.05) is 55.7 Å². The van der Waals surface area contributed by atoms with E-state index in [1.54, 1.807) is 0 Å². The van der Waals surface area contributed by atoms with Gasteiger partial charge in [-0.1, -0.05) is 19.8 Å². The summed E-state index contributed by atoms with van der Waals surface area (Å²) in [5.74, 6) is 2.73. The zero-order chi connectivity index (χ0) is 23.0. The zero-order valence-corrected chi connectivity index (χ0v) is 20.1. The van der Waals surface area contributed by atoms with Gasteiger partial charge in [-0.2, -0.15) is 4.98 Å². The number of carbonyl (C=O) groups excluding carboxylic acids is 1. The summed E-state index contributed by atoms with van der Waals surface area (Å²) in [5, 5.41) is 0. The fourth-order valence-electron chi connectivity index (χ4n) is 4.49. The van der Waals surface area contributed by atoms with Crippen LogP contribution in [0.5, 0.6) is 5.75 Å². The van der Waals surface area contributed by atoms with Gasteiger partial charge in [0, 0.05) is 56.6 Å². The molecule has 0 N–H and O–H groups in total. The first kappa shape index (κ1) is 23.3. The topological polar surface area (TPSA) is 61.8 Å². The monoisotopic (exact) mass is 451 g/mol. The number of unbranched alkanes of at least 4 members (excludes halogenated alkanes) is 2. The molecule has 7 heteroatoms. The third kappa shape index (κ3) is 6.15. The van der Waals surface area contributed by atoms with Crippen molar-refractivity contribution in [1.82, 2.24) is 14.9 Å². The molecular weight excluding hydrogens is 414 g/mol. The Morgan fingerprint density at radius 1 is 0.909 bits per heavy atom. The van der Waals surface area contributed by atoms with Crippen LogP contribution in [0.3, 0.4) is 0 Å². The van der Waals surface area contributed by atoms with E-state index in [9.17, 15) is 4.79 Å². The molecule has 2 aromatic rings. The van der Waals surface area contributed by atoms with Crippen LogP contribution in [0.4, 0.5) is 11.8 Å². The van der Waals surface area contributed by atoms with Crippen LogP contribution >= 0.6 is 0 Å². The number of ether oxygens (including phenoxy) is 1. The summed E-state index contributed by atoms with van der Waals surface area (Å²) in [5.41, 5.74) is 1.71. The molecule has 0 saturated carbocycles. The van der Waals surface area contributed by atoms with Crippen LogP contribution in [-0.4, -0.2) is 66.7 Å². The highest BCUT2D eigenvalue weighted by atomic mass is 16.5. The van der Waals surface area contributed by atoms with Gasteiger partial charge >= 0.3 is 0 Å². The molecular formula is C26H37N5O2. The molecule has 1 aromatic carbocycles. The van der Waals surface area contributed by atoms with Crippen LogP contribution in [-0.2, 0) is 0 Å². The van der Waals surface area contributed by atoms with Crippen LogP contribution in [0.2, 0.25) is 0 Å². The van der Waals surface area contributed by atoms with Crippen molar-refractivity contribution in [1.29, 1.82) is 0 Å². The summed E-state index contributed by atoms with van der Waals surface area (Å²) in [6, 6.07) is 9.62. The Balaban J connectivity index is 1.32. The first-order valence-electron chi connectivity index (χ1n) is 12.5. The maximum atomic E-state index is 13.0. The molecule has 0 aliphatic carbocycles. The first-order valence-corrected chi connectivity index (χ1v) is 12.5. The summed E-state index contributed by atoms with van der Waals surface area (Å²) in [7, 11) is 0. The average Bonchev–Trinajstić information content (AvgIpc) is 2.87. The number of rotatable bonds is 8. The summed E-state index contributed by atoms with van der Waals surface area (Å²) in [6.45, 7) is 9.96. The standard InChI is InChI=1S/C26H37N5O2/c1-3-4-8-19-33-23-11-9-22(10-12-23)25(32)30-17-15-29(16-18-30)24-20-21(2)27-26(28-24)31-13-6-5-7-14-31/h9-12,20H,3-8,13-19H2,1-2H3. The van der Waals surface area contributed by atoms with E-state index in [0.29, 0.717) is 13.1 Å². The van der Waals surface area contributed by atoms with Gasteiger partial charge in [-0.25, -0.2) is 4.98 Å². The van der Waals surface area contributed by atoms with Crippen LogP contribution in [0, 0.1) is 6.92 Å². The number of anilines is 2. The van der Waals surface area contributed by atoms with E-state index >= 15 is 0 Å². The van der Waals surface area contributed by atoms with Crippen LogP contribution in [0.15, 0.2) is 30.3 Å². The fraction of sp³-hybridized carbons (Fsp3) is 0.577. The van der Waals surface area contributed by atoms with E-state index in [4.69, 9.17) is 9.72 Å². The van der Waals surface area contributed by atoms with Gasteiger partial charge in [-0.15, -0.1) is 0 Å². The molecule has 33 heavy (non-hydrogen) atoms. The Bertz CT molecular complexity index is 903. The van der Waals surface area contributed by atoms with Gasteiger partial charge in [0.2, 0.25) is 5.95 Å². The third-order valence-electron chi connectivity index (χ3n) is 6.48. The van der Waals surface area contributed by atoms with Crippen molar-refractivity contribution >= 4 is 17.7 Å². The molecule has 0 spiro atoms. The van der Waals surface area contributed by atoms with Crippen molar-refractivity contribution in [3.8, 4) is 5.75 Å². The van der Waals surface area contributed by atoms with Crippen molar-refractivity contribution in [2.45, 2.75) is 52.4 Å². The van der Waals surface area contributed by atoms with Crippen molar-refractivity contribution < 1.29 is 9.53 Å². The Hall–Kier alpha value is -2.83. The molecule has 0 atom stereocenters. The quantitative estimate of drug-likeness (QED) is 0.558. The molecule has 0 bridgehead atoms. The SMILES string of the molecule is CCCCCOc1ccc(C(=O)N2CCN(c3cc(C)nc(N4CCCCC4)n3)CC2)cc1. The second kappa shape index (κ2) is 11.3. The average molecular weight is 452 g/mol. The smallest absolute Gasteiger partial charge is 0.253 e. The van der Waals surface area contributed by atoms with E-state index in [2.05, 4.69) is 27.8 Å². The van der Waals surface area contributed by atoms with Gasteiger partial charge in [-0.05, 0) is 56.9 Å². The van der Waals surface area contributed by atoms with Gasteiger partial charge in [0.05, 0.1) is 6.61 Å². The van der Waals surface area contributed by atoms with Crippen molar-refractivity contribution in [3.63, 3.8) is 0 Å². The Kier molecular flexibility index (Phi) is 8.02. The largest absolute Gasteiger partial charge is 0.494 e. The van der Waals surface area contributed by atoms with Crippen LogP contribution in [0.1, 0.15) is 61.5 Å². The normalized spacial score (nSPS) is 16.7. The number of nitrogens with zero attached hydrogens (tertiary/aromatic N) is 5. The lowest BCUT2D eigenvalue weighted by Gasteiger charge is -2.36. The highest BCUT2D eigenvalue weighted by molar-refractivity contribution is 5.94. The molecule has 3 heterocycles. The van der Waals surface area contributed by atoms with Gasteiger partial charge < -0.3 is 19.4 Å². The summed E-state index contributed by atoms with van der Waals surface area (Å²) in [6.07, 6.45) is 7.13. The fourth-order valence-corrected chi connectivity index (χ4v) is 4.49. The van der Waals surface area contributed by atoms with Crippen LogP contribution in [0.25, 0.3) is 0 Å². The van der Waals surface area contributed by atoms with Crippen molar-refractivity contribution in [3.05, 3.63) is 41.6 Å². The molecule has 4 rings (SSSR count). The molecule has 2 fully saturated rings. The van der Waals surface area contributed by atoms with Crippen molar-refractivity contribution in [2.24, 2.45) is 0 Å². The number of benzene rings is 1. The number of carbonyl (C=O) groups is 1. The van der Waals surface area contributed by atoms with Gasteiger partial charge in [0.25, 0.3) is 5.91 Å². The number of piperidine rings is 1. The highest BCUT2D eigenvalue weighted by Crippen LogP contribution is 2.22. The van der Waals surface area contributed by atoms with Crippen LogP contribution < -0.4 is 14.5 Å². The molecule has 0 unspecified atom stereocenters. The molecule has 178 valence electrons. The Labute approximate surface area is 197 Å². The highest BCUT2D eigenvalue weighted by Gasteiger charge is 2.24. The van der Waals surface area contributed by atoms with Gasteiger partial charge in [0.1, 0.15) is 11.6 Å². The second-order valence-electron chi connectivity index (χ2n) is 9.07. The maximum Gasteiger partial charge on any atom is 0.253 e. The number of aromatic nitrogens is 2. The predicted molar refractivity (Wildman–Crippen MR) is 132 cm³/mol. The van der Waals surface area contributed by atoms with E-state index in [0.717, 1.165) is 68.0 Å². The lowest BCUT2D eigenvalue weighted by Crippen LogP contribution is -2.49. The number of piperazine rings is 1. The van der Waals surface area contributed by atoms with E-state index in [1.165, 1.54) is 32.1 Å². The Morgan fingerprint density at radius 3 is 2.33 bits per heavy atom. The lowest BCUT2D eigenvalue weighted by atomic mass is 10.1. The second-order valence-corrected chi connectivity index (χ2v) is 9.07. The molecule has 1 amide bonds. The van der Waals surface area contributed by atoms with E-state index in [1.807, 2.05) is 36.1 Å². The summed E-state index contributed by atoms with van der Waals surface area (Å²) in [4.78, 5) is 29.1. The number of aryl methyl sites for hydroxylation is 1. The van der Waals surface area contributed by atoms with E-state index < -0.39 is 0 Å². The predicted octanol–water partition coefficient (Wildman–Crippen LogP) is 4.31. The Morgan fingerprint density at radius 2 is 1.64 bits per heavy atom. The third-order valence-corrected chi connectivity index (χ3v) is 6.48. The zero-order valence-electron chi connectivity index (χ0n) is 20.1. The molecule has 2 aliphatic rings. The van der Waals surface area contributed by atoms with Gasteiger partial charge in [0.15, 0.2) is 0 Å². The first-order chi connectivity index (χ1) is 16.1. The van der Waals surface area contributed by atoms with Gasteiger partial charge in [-0.3, -0.25) is 4.79 Å². The minimum Gasteiger partial charge on any atom is -0.494 e. The summed E-state index contributed by atoms with van der Waals surface area (Å²) < 4.78 is 5.77. The molecule has 2 aliphatic heterocycles.